The maximum atomic E-state index is 13.0. The van der Waals surface area contributed by atoms with Crippen LogP contribution in [0.5, 0.6) is 5.75 Å². The van der Waals surface area contributed by atoms with Crippen molar-refractivity contribution in [3.8, 4) is 5.75 Å². The highest BCUT2D eigenvalue weighted by Gasteiger charge is 2.33. The Balaban J connectivity index is 1.53. The zero-order valence-corrected chi connectivity index (χ0v) is 22.6. The highest BCUT2D eigenvalue weighted by Crippen LogP contribution is 2.30. The van der Waals surface area contributed by atoms with E-state index in [0.717, 1.165) is 57.0 Å². The molecule has 2 heterocycles. The van der Waals surface area contributed by atoms with E-state index in [1.165, 1.54) is 7.11 Å². The Morgan fingerprint density at radius 1 is 1.21 bits per heavy atom. The first kappa shape index (κ1) is 27.0. The number of ether oxygens (including phenoxy) is 2. The second kappa shape index (κ2) is 11.4. The molecule has 2 aliphatic rings. The van der Waals surface area contributed by atoms with Crippen LogP contribution in [0.1, 0.15) is 50.4 Å². The number of rotatable bonds is 6. The topological polar surface area (TPSA) is 80.1 Å². The van der Waals surface area contributed by atoms with Crippen LogP contribution < -0.4 is 15.8 Å². The summed E-state index contributed by atoms with van der Waals surface area (Å²) in [6, 6.07) is 3.05. The number of nitrogens with zero attached hydrogens (tertiary/aromatic N) is 2. The van der Waals surface area contributed by atoms with Crippen molar-refractivity contribution in [2.45, 2.75) is 52.2 Å². The van der Waals surface area contributed by atoms with Crippen LogP contribution in [0, 0.1) is 11.3 Å². The molecule has 1 aromatic carbocycles. The van der Waals surface area contributed by atoms with Crippen molar-refractivity contribution < 1.29 is 14.3 Å². The van der Waals surface area contributed by atoms with Crippen LogP contribution in [-0.2, 0) is 4.74 Å². The number of amides is 1. The van der Waals surface area contributed by atoms with Crippen LogP contribution in [0.4, 0.5) is 5.69 Å². The summed E-state index contributed by atoms with van der Waals surface area (Å²) in [5.74, 6) is 0.827. The summed E-state index contributed by atoms with van der Waals surface area (Å²) in [6.45, 7) is 11.4. The Kier molecular flexibility index (Phi) is 9.06. The number of nitrogen functional groups attached to an aromatic ring is 1. The molecule has 2 fully saturated rings. The number of carbonyl (C=O) groups excluding carboxylic acids is 1. The number of carbonyl (C=O) groups is 1. The lowest BCUT2D eigenvalue weighted by atomic mass is 9.91. The molecule has 7 nitrogen and oxygen atoms in total. The Bertz CT molecular complexity index is 884. The summed E-state index contributed by atoms with van der Waals surface area (Å²) in [5, 5.41) is 3.45. The first-order valence-electron chi connectivity index (χ1n) is 12.0. The van der Waals surface area contributed by atoms with E-state index < -0.39 is 0 Å². The Morgan fingerprint density at radius 2 is 1.88 bits per heavy atom. The van der Waals surface area contributed by atoms with E-state index >= 15 is 0 Å². The number of methoxy groups -OCH3 is 2. The van der Waals surface area contributed by atoms with Crippen LogP contribution >= 0.6 is 23.8 Å². The number of nitrogens with two attached hydrogens (primary N) is 1. The first-order valence-corrected chi connectivity index (χ1v) is 12.8. The lowest BCUT2D eigenvalue weighted by Crippen LogP contribution is -2.55. The lowest BCUT2D eigenvalue weighted by molar-refractivity contribution is -0.000341. The molecular formula is C25H39ClN4O3S. The van der Waals surface area contributed by atoms with Gasteiger partial charge < -0.3 is 30.3 Å². The van der Waals surface area contributed by atoms with Crippen LogP contribution in [0.3, 0.4) is 0 Å². The molecule has 0 saturated carbocycles. The summed E-state index contributed by atoms with van der Waals surface area (Å²) in [7, 11) is 3.22. The zero-order valence-electron chi connectivity index (χ0n) is 21.0. The van der Waals surface area contributed by atoms with Crippen LogP contribution in [0.2, 0.25) is 5.02 Å². The standard InChI is InChI=1S/C25H39ClN4O3S/c1-25(2,3)24(34)30-10-6-16(7-11-30)14-29-9-8-20(22(15-29)33-5)28-23(31)17-12-18(26)19(27)13-21(17)32-4/h12-13,16,20,22H,6-11,14-15,27H2,1-5H3,(H,28,31)/t20-,22+/m1/s1. The number of anilines is 1. The van der Waals surface area contributed by atoms with Gasteiger partial charge in [0.05, 0.1) is 40.5 Å². The summed E-state index contributed by atoms with van der Waals surface area (Å²) >= 11 is 11.8. The molecule has 1 aromatic rings. The minimum Gasteiger partial charge on any atom is -0.496 e. The minimum absolute atomic E-state index is 0.0435. The van der Waals surface area contributed by atoms with E-state index in [9.17, 15) is 4.79 Å². The molecular weight excluding hydrogens is 472 g/mol. The number of thiocarbonyl (C=S) groups is 1. The van der Waals surface area contributed by atoms with Gasteiger partial charge >= 0.3 is 0 Å². The molecule has 0 radical (unpaired) electrons. The average molecular weight is 511 g/mol. The van der Waals surface area contributed by atoms with Crippen molar-refractivity contribution in [2.24, 2.45) is 11.3 Å². The number of nitrogens with one attached hydrogen (secondary N) is 1. The number of hydrogen-bond donors (Lipinski definition) is 2. The van der Waals surface area contributed by atoms with E-state index in [0.29, 0.717) is 27.9 Å². The van der Waals surface area contributed by atoms with Gasteiger partial charge in [0.25, 0.3) is 5.91 Å². The summed E-state index contributed by atoms with van der Waals surface area (Å²) in [4.78, 5) is 18.9. The second-order valence-electron chi connectivity index (χ2n) is 10.5. The van der Waals surface area contributed by atoms with Crippen molar-refractivity contribution in [1.82, 2.24) is 15.1 Å². The van der Waals surface area contributed by atoms with Crippen LogP contribution in [0.15, 0.2) is 12.1 Å². The normalized spacial score (nSPS) is 22.5. The number of piperidine rings is 2. The highest BCUT2D eigenvalue weighted by atomic mass is 35.5. The Labute approximate surface area is 214 Å². The molecule has 0 aliphatic carbocycles. The largest absolute Gasteiger partial charge is 0.496 e. The number of benzene rings is 1. The molecule has 0 unspecified atom stereocenters. The maximum Gasteiger partial charge on any atom is 0.255 e. The van der Waals surface area contributed by atoms with E-state index in [1.807, 2.05) is 0 Å². The molecule has 2 atom stereocenters. The minimum atomic E-state index is -0.235. The van der Waals surface area contributed by atoms with Gasteiger partial charge in [-0.25, -0.2) is 0 Å². The molecule has 0 aromatic heterocycles. The third kappa shape index (κ3) is 6.53. The second-order valence-corrected chi connectivity index (χ2v) is 11.3. The molecule has 9 heteroatoms. The number of halogens is 1. The van der Waals surface area contributed by atoms with Gasteiger partial charge in [-0.1, -0.05) is 44.6 Å². The predicted octanol–water partition coefficient (Wildman–Crippen LogP) is 3.84. The van der Waals surface area contributed by atoms with E-state index in [-0.39, 0.29) is 23.5 Å². The van der Waals surface area contributed by atoms with Crippen molar-refractivity contribution >= 4 is 40.4 Å². The molecule has 3 N–H and O–H groups in total. The van der Waals surface area contributed by atoms with Gasteiger partial charge in [-0.2, -0.15) is 0 Å². The summed E-state index contributed by atoms with van der Waals surface area (Å²) in [6.07, 6.45) is 3.05. The smallest absolute Gasteiger partial charge is 0.255 e. The summed E-state index contributed by atoms with van der Waals surface area (Å²) < 4.78 is 11.1. The fourth-order valence-electron chi connectivity index (χ4n) is 4.87. The van der Waals surface area contributed by atoms with Gasteiger partial charge in [0, 0.05) is 51.3 Å². The highest BCUT2D eigenvalue weighted by molar-refractivity contribution is 7.80. The molecule has 2 saturated heterocycles. The predicted molar refractivity (Wildman–Crippen MR) is 142 cm³/mol. The van der Waals surface area contributed by atoms with Gasteiger partial charge in [-0.05, 0) is 31.2 Å². The quantitative estimate of drug-likeness (QED) is 0.444. The first-order chi connectivity index (χ1) is 16.0. The number of hydrogen-bond acceptors (Lipinski definition) is 6. The van der Waals surface area contributed by atoms with Gasteiger partial charge in [-0.15, -0.1) is 0 Å². The molecule has 1 amide bonds. The van der Waals surface area contributed by atoms with Crippen LogP contribution in [0.25, 0.3) is 0 Å². The van der Waals surface area contributed by atoms with Crippen LogP contribution in [-0.4, -0.2) is 79.8 Å². The van der Waals surface area contributed by atoms with E-state index in [4.69, 9.17) is 39.0 Å². The van der Waals surface area contributed by atoms with Gasteiger partial charge in [0.1, 0.15) is 5.75 Å². The monoisotopic (exact) mass is 510 g/mol. The molecule has 190 valence electrons. The molecule has 34 heavy (non-hydrogen) atoms. The fourth-order valence-corrected chi connectivity index (χ4v) is 5.22. The van der Waals surface area contributed by atoms with Gasteiger partial charge in [0.2, 0.25) is 0 Å². The fraction of sp³-hybridized carbons (Fsp3) is 0.680. The molecule has 2 aliphatic heterocycles. The summed E-state index contributed by atoms with van der Waals surface area (Å²) in [5.41, 5.74) is 6.64. The molecule has 0 bridgehead atoms. The Morgan fingerprint density at radius 3 is 2.47 bits per heavy atom. The average Bonchev–Trinajstić information content (AvgIpc) is 2.80. The van der Waals surface area contributed by atoms with E-state index in [2.05, 4.69) is 35.9 Å². The number of likely N-dealkylation sites (tertiary alicyclic amines) is 2. The lowest BCUT2D eigenvalue weighted by Gasteiger charge is -2.42. The van der Waals surface area contributed by atoms with Crippen molar-refractivity contribution in [2.75, 3.05) is 52.7 Å². The maximum absolute atomic E-state index is 13.0. The van der Waals surface area contributed by atoms with Gasteiger partial charge in [-0.3, -0.25) is 4.79 Å². The molecule has 3 rings (SSSR count). The third-order valence-electron chi connectivity index (χ3n) is 6.89. The van der Waals surface area contributed by atoms with Crippen molar-refractivity contribution in [3.63, 3.8) is 0 Å². The SMILES string of the molecule is COc1cc(N)c(Cl)cc1C(=O)N[C@@H]1CCN(CC2CCN(C(=S)C(C)(C)C)CC2)C[C@@H]1OC. The van der Waals surface area contributed by atoms with Gasteiger partial charge in [0.15, 0.2) is 0 Å². The van der Waals surface area contributed by atoms with E-state index in [1.54, 1.807) is 19.2 Å². The third-order valence-corrected chi connectivity index (χ3v) is 8.08. The zero-order chi connectivity index (χ0) is 25.0. The van der Waals surface area contributed by atoms with Crippen molar-refractivity contribution in [1.29, 1.82) is 0 Å². The van der Waals surface area contributed by atoms with Crippen molar-refractivity contribution in [3.05, 3.63) is 22.7 Å². The Hall–Kier alpha value is -1.61. The molecule has 0 spiro atoms.